The minimum Gasteiger partial charge on any atom is -0.493 e. The van der Waals surface area contributed by atoms with Gasteiger partial charge in [-0.25, -0.2) is 4.99 Å². The summed E-state index contributed by atoms with van der Waals surface area (Å²) < 4.78 is 12.3. The number of benzene rings is 2. The third-order valence-electron chi connectivity index (χ3n) is 4.43. The number of ether oxygens (including phenoxy) is 2. The van der Waals surface area contributed by atoms with E-state index in [2.05, 4.69) is 33.2 Å². The molecular weight excluding hydrogens is 464 g/mol. The summed E-state index contributed by atoms with van der Waals surface area (Å²) in [4.78, 5) is 17.4. The minimum atomic E-state index is -0.166. The van der Waals surface area contributed by atoms with Crippen molar-refractivity contribution in [1.29, 1.82) is 0 Å². The lowest BCUT2D eigenvalue weighted by Gasteiger charge is -2.13. The van der Waals surface area contributed by atoms with Crippen LogP contribution in [0.2, 0.25) is 0 Å². The van der Waals surface area contributed by atoms with Gasteiger partial charge in [0.05, 0.1) is 28.8 Å². The fourth-order valence-electron chi connectivity index (χ4n) is 2.92. The van der Waals surface area contributed by atoms with E-state index in [-0.39, 0.29) is 5.91 Å². The largest absolute Gasteiger partial charge is 0.493 e. The molecule has 158 valence electrons. The maximum Gasteiger partial charge on any atom is 0.264 e. The number of carbonyl (C=O) groups excluding carboxylic acids is 1. The lowest BCUT2D eigenvalue weighted by atomic mass is 10.2. The van der Waals surface area contributed by atoms with Crippen molar-refractivity contribution >= 4 is 50.5 Å². The zero-order valence-corrected chi connectivity index (χ0v) is 19.5. The third kappa shape index (κ3) is 6.12. The van der Waals surface area contributed by atoms with Gasteiger partial charge < -0.3 is 14.8 Å². The Hall–Kier alpha value is -2.25. The van der Waals surface area contributed by atoms with Crippen LogP contribution in [0.15, 0.2) is 56.8 Å². The van der Waals surface area contributed by atoms with Gasteiger partial charge in [-0.3, -0.25) is 4.79 Å². The van der Waals surface area contributed by atoms with Crippen molar-refractivity contribution in [2.45, 2.75) is 32.6 Å². The molecule has 0 aliphatic carbocycles. The number of amides is 1. The second kappa shape index (κ2) is 11.2. The lowest BCUT2D eigenvalue weighted by molar-refractivity contribution is -0.115. The fourth-order valence-corrected chi connectivity index (χ4v) is 4.33. The minimum absolute atomic E-state index is 0.166. The van der Waals surface area contributed by atoms with E-state index in [4.69, 9.17) is 9.47 Å². The van der Waals surface area contributed by atoms with Gasteiger partial charge in [-0.15, -0.1) is 0 Å². The Balaban J connectivity index is 1.74. The topological polar surface area (TPSA) is 59.9 Å². The standard InChI is InChI=1S/C23H25BrN2O3S/c1-3-4-5-9-12-29-21-18(24)13-16(14-19(21)28-2)15-20-22(27)26-23(30-20)25-17-10-7-6-8-11-17/h6-8,10-11,13-15H,3-5,9,12H2,1-2H3,(H,25,26,27)/b20-15+. The van der Waals surface area contributed by atoms with Gasteiger partial charge in [0.15, 0.2) is 16.7 Å². The zero-order chi connectivity index (χ0) is 21.3. The van der Waals surface area contributed by atoms with E-state index in [1.165, 1.54) is 24.6 Å². The summed E-state index contributed by atoms with van der Waals surface area (Å²) in [5.74, 6) is 1.15. The number of para-hydroxylation sites is 1. The normalized spacial score (nSPS) is 16.2. The summed E-state index contributed by atoms with van der Waals surface area (Å²) >= 11 is 4.89. The van der Waals surface area contributed by atoms with Crippen LogP contribution in [-0.2, 0) is 4.79 Å². The van der Waals surface area contributed by atoms with Crippen molar-refractivity contribution in [1.82, 2.24) is 5.32 Å². The van der Waals surface area contributed by atoms with Crippen molar-refractivity contribution in [2.24, 2.45) is 4.99 Å². The molecule has 1 N–H and O–H groups in total. The van der Waals surface area contributed by atoms with Crippen LogP contribution in [0.25, 0.3) is 6.08 Å². The lowest BCUT2D eigenvalue weighted by Crippen LogP contribution is -2.19. The molecule has 2 aromatic carbocycles. The third-order valence-corrected chi connectivity index (χ3v) is 5.93. The highest BCUT2D eigenvalue weighted by molar-refractivity contribution is 9.10. The first-order valence-electron chi connectivity index (χ1n) is 9.95. The molecule has 5 nitrogen and oxygen atoms in total. The molecule has 0 atom stereocenters. The average molecular weight is 489 g/mol. The molecule has 1 fully saturated rings. The van der Waals surface area contributed by atoms with Gasteiger partial charge >= 0.3 is 0 Å². The first kappa shape index (κ1) is 22.4. The summed E-state index contributed by atoms with van der Waals surface area (Å²) in [5, 5.41) is 3.38. The molecule has 1 aliphatic heterocycles. The molecule has 3 rings (SSSR count). The van der Waals surface area contributed by atoms with Gasteiger partial charge in [0.2, 0.25) is 0 Å². The number of carbonyl (C=O) groups is 1. The highest BCUT2D eigenvalue weighted by Gasteiger charge is 2.24. The van der Waals surface area contributed by atoms with E-state index in [0.29, 0.717) is 28.2 Å². The predicted molar refractivity (Wildman–Crippen MR) is 128 cm³/mol. The average Bonchev–Trinajstić information content (AvgIpc) is 3.08. The van der Waals surface area contributed by atoms with Crippen LogP contribution < -0.4 is 14.8 Å². The number of methoxy groups -OCH3 is 1. The number of rotatable bonds is 9. The van der Waals surface area contributed by atoms with Gasteiger partial charge in [0.1, 0.15) is 0 Å². The first-order chi connectivity index (χ1) is 14.6. The van der Waals surface area contributed by atoms with E-state index >= 15 is 0 Å². The number of halogens is 1. The molecule has 0 spiro atoms. The Kier molecular flexibility index (Phi) is 8.39. The monoisotopic (exact) mass is 488 g/mol. The number of unbranched alkanes of at least 4 members (excludes halogenated alkanes) is 3. The van der Waals surface area contributed by atoms with Crippen LogP contribution in [0.5, 0.6) is 11.5 Å². The molecule has 30 heavy (non-hydrogen) atoms. The highest BCUT2D eigenvalue weighted by atomic mass is 79.9. The summed E-state index contributed by atoms with van der Waals surface area (Å²) in [6.45, 7) is 2.83. The van der Waals surface area contributed by atoms with Crippen molar-refractivity contribution in [3.05, 3.63) is 57.4 Å². The highest BCUT2D eigenvalue weighted by Crippen LogP contribution is 2.38. The Morgan fingerprint density at radius 1 is 1.17 bits per heavy atom. The van der Waals surface area contributed by atoms with Gasteiger partial charge in [-0.2, -0.15) is 0 Å². The molecule has 1 saturated heterocycles. The smallest absolute Gasteiger partial charge is 0.264 e. The van der Waals surface area contributed by atoms with E-state index in [1.807, 2.05) is 48.5 Å². The number of amidine groups is 1. The van der Waals surface area contributed by atoms with E-state index in [0.717, 1.165) is 28.6 Å². The molecule has 0 saturated carbocycles. The number of nitrogens with one attached hydrogen (secondary N) is 1. The van der Waals surface area contributed by atoms with Crippen LogP contribution >= 0.6 is 27.7 Å². The Morgan fingerprint density at radius 3 is 2.70 bits per heavy atom. The Labute approximate surface area is 190 Å². The molecule has 0 unspecified atom stereocenters. The Morgan fingerprint density at radius 2 is 1.97 bits per heavy atom. The second-order valence-electron chi connectivity index (χ2n) is 6.76. The molecule has 0 radical (unpaired) electrons. The van der Waals surface area contributed by atoms with Crippen LogP contribution in [0.3, 0.4) is 0 Å². The fraction of sp³-hybridized carbons (Fsp3) is 0.304. The SMILES string of the molecule is CCCCCCOc1c(Br)cc(/C=C2/SC(=Nc3ccccc3)NC2=O)cc1OC. The predicted octanol–water partition coefficient (Wildman–Crippen LogP) is 6.31. The van der Waals surface area contributed by atoms with Gasteiger partial charge in [-0.1, -0.05) is 44.4 Å². The Bertz CT molecular complexity index is 945. The maximum atomic E-state index is 12.4. The summed E-state index contributed by atoms with van der Waals surface area (Å²) in [5.41, 5.74) is 1.64. The summed E-state index contributed by atoms with van der Waals surface area (Å²) in [6, 6.07) is 13.3. The number of aliphatic imine (C=N–C) groups is 1. The van der Waals surface area contributed by atoms with Gasteiger partial charge in [-0.05, 0) is 70.0 Å². The van der Waals surface area contributed by atoms with Crippen LogP contribution in [0, 0.1) is 0 Å². The van der Waals surface area contributed by atoms with Crippen molar-refractivity contribution in [2.75, 3.05) is 13.7 Å². The summed E-state index contributed by atoms with van der Waals surface area (Å²) in [6.07, 6.45) is 6.39. The van der Waals surface area contributed by atoms with Crippen molar-refractivity contribution in [3.8, 4) is 11.5 Å². The molecule has 2 aromatic rings. The van der Waals surface area contributed by atoms with Crippen molar-refractivity contribution < 1.29 is 14.3 Å². The molecule has 1 amide bonds. The second-order valence-corrected chi connectivity index (χ2v) is 8.65. The molecule has 1 aliphatic rings. The van der Waals surface area contributed by atoms with Crippen LogP contribution in [-0.4, -0.2) is 24.8 Å². The molecule has 0 aromatic heterocycles. The van der Waals surface area contributed by atoms with Crippen LogP contribution in [0.1, 0.15) is 38.2 Å². The first-order valence-corrected chi connectivity index (χ1v) is 11.6. The van der Waals surface area contributed by atoms with Crippen molar-refractivity contribution in [3.63, 3.8) is 0 Å². The van der Waals surface area contributed by atoms with E-state index in [1.54, 1.807) is 7.11 Å². The zero-order valence-electron chi connectivity index (χ0n) is 17.1. The maximum absolute atomic E-state index is 12.4. The van der Waals surface area contributed by atoms with Gasteiger partial charge in [0.25, 0.3) is 5.91 Å². The number of nitrogens with zero attached hydrogens (tertiary/aromatic N) is 1. The van der Waals surface area contributed by atoms with Crippen LogP contribution in [0.4, 0.5) is 5.69 Å². The molecule has 7 heteroatoms. The molecular formula is C23H25BrN2O3S. The quantitative estimate of drug-likeness (QED) is 0.331. The van der Waals surface area contributed by atoms with E-state index < -0.39 is 0 Å². The van der Waals surface area contributed by atoms with E-state index in [9.17, 15) is 4.79 Å². The molecule has 0 bridgehead atoms. The number of thioether (sulfide) groups is 1. The molecule has 1 heterocycles. The summed E-state index contributed by atoms with van der Waals surface area (Å²) in [7, 11) is 1.62. The number of hydrogen-bond donors (Lipinski definition) is 1. The number of hydrogen-bond acceptors (Lipinski definition) is 5. The van der Waals surface area contributed by atoms with Gasteiger partial charge in [0, 0.05) is 0 Å².